The number of methoxy groups -OCH3 is 1. The molecule has 0 bridgehead atoms. The molecule has 2 aromatic heterocycles. The van der Waals surface area contributed by atoms with Gasteiger partial charge in [0.1, 0.15) is 4.83 Å². The molecule has 2 aromatic rings. The van der Waals surface area contributed by atoms with E-state index in [-0.39, 0.29) is 17.3 Å². The van der Waals surface area contributed by atoms with Crippen molar-refractivity contribution in [3.05, 3.63) is 43.6 Å². The third-order valence-corrected chi connectivity index (χ3v) is 7.20. The summed E-state index contributed by atoms with van der Waals surface area (Å²) in [4.78, 5) is 35.0. The first-order valence-electron chi connectivity index (χ1n) is 10.4. The van der Waals surface area contributed by atoms with E-state index in [9.17, 15) is 9.59 Å². The molecule has 1 N–H and O–H groups in total. The number of hydrogen-bond acceptors (Lipinski definition) is 5. The van der Waals surface area contributed by atoms with Crippen molar-refractivity contribution in [2.75, 3.05) is 26.8 Å². The van der Waals surface area contributed by atoms with E-state index in [0.29, 0.717) is 25.1 Å². The summed E-state index contributed by atoms with van der Waals surface area (Å²) in [6.07, 6.45) is 2.84. The molecule has 0 atom stereocenters. The van der Waals surface area contributed by atoms with Crippen molar-refractivity contribution in [3.63, 3.8) is 0 Å². The number of nitrogens with zero attached hydrogens (tertiary/aromatic N) is 4. The standard InChI is InChI=1S/C21H29N5O3S/c1-13(2)23-20-22-8-9-24(20)12-16-14(3)17-18(27)26(15-6-5-7-15)21(28)25(10-11-29-4)19(17)30-16/h15H,1,5-12H2,2-4H3,(H,22,23). The molecule has 2 aliphatic rings. The average Bonchev–Trinajstić information content (AvgIpc) is 3.21. The molecule has 2 fully saturated rings. The SMILES string of the molecule is C=C(C)/N=C1\NCCN1Cc1sc2c(c1C)c(=O)n(C1CCC1)c(=O)n2CCOC. The molecule has 1 saturated carbocycles. The maximum atomic E-state index is 13.4. The first kappa shape index (κ1) is 20.9. The molecule has 9 heteroatoms. The highest BCUT2D eigenvalue weighted by Crippen LogP contribution is 2.32. The van der Waals surface area contributed by atoms with Crippen LogP contribution in [0.2, 0.25) is 0 Å². The quantitative estimate of drug-likeness (QED) is 0.727. The van der Waals surface area contributed by atoms with E-state index < -0.39 is 0 Å². The van der Waals surface area contributed by atoms with Gasteiger partial charge >= 0.3 is 5.69 Å². The van der Waals surface area contributed by atoms with Crippen molar-refractivity contribution in [2.45, 2.75) is 52.2 Å². The molecule has 0 spiro atoms. The summed E-state index contributed by atoms with van der Waals surface area (Å²) in [5.41, 5.74) is 1.34. The van der Waals surface area contributed by atoms with Crippen molar-refractivity contribution in [1.29, 1.82) is 0 Å². The van der Waals surface area contributed by atoms with Crippen LogP contribution in [0.25, 0.3) is 10.2 Å². The molecule has 1 saturated heterocycles. The van der Waals surface area contributed by atoms with E-state index in [1.807, 2.05) is 13.8 Å². The topological polar surface area (TPSA) is 80.9 Å². The average molecular weight is 432 g/mol. The lowest BCUT2D eigenvalue weighted by atomic mass is 9.93. The number of rotatable bonds is 7. The van der Waals surface area contributed by atoms with Crippen molar-refractivity contribution >= 4 is 27.5 Å². The minimum Gasteiger partial charge on any atom is -0.383 e. The maximum Gasteiger partial charge on any atom is 0.332 e. The van der Waals surface area contributed by atoms with Gasteiger partial charge in [-0.25, -0.2) is 9.79 Å². The summed E-state index contributed by atoms with van der Waals surface area (Å²) in [5, 5.41) is 3.96. The number of hydrogen-bond donors (Lipinski definition) is 1. The number of thiophene rings is 1. The fourth-order valence-corrected chi connectivity index (χ4v) is 5.38. The molecule has 0 aromatic carbocycles. The highest BCUT2D eigenvalue weighted by Gasteiger charge is 2.28. The molecule has 0 amide bonds. The van der Waals surface area contributed by atoms with Gasteiger partial charge in [-0.3, -0.25) is 13.9 Å². The Hall–Kier alpha value is -2.39. The monoisotopic (exact) mass is 431 g/mol. The van der Waals surface area contributed by atoms with Gasteiger partial charge in [0.05, 0.1) is 25.1 Å². The van der Waals surface area contributed by atoms with Crippen LogP contribution >= 0.6 is 11.3 Å². The first-order chi connectivity index (χ1) is 14.4. The second-order valence-electron chi connectivity index (χ2n) is 8.04. The summed E-state index contributed by atoms with van der Waals surface area (Å²) in [5.74, 6) is 0.808. The molecule has 1 aliphatic heterocycles. The van der Waals surface area contributed by atoms with Crippen molar-refractivity contribution in [2.24, 2.45) is 4.99 Å². The van der Waals surface area contributed by atoms with Crippen molar-refractivity contribution in [3.8, 4) is 0 Å². The van der Waals surface area contributed by atoms with E-state index in [0.717, 1.165) is 59.3 Å². The van der Waals surface area contributed by atoms with Crippen molar-refractivity contribution in [1.82, 2.24) is 19.4 Å². The number of fused-ring (bicyclic) bond motifs is 1. The largest absolute Gasteiger partial charge is 0.383 e. The van der Waals surface area contributed by atoms with Crippen LogP contribution in [0.15, 0.2) is 26.9 Å². The molecule has 3 heterocycles. The summed E-state index contributed by atoms with van der Waals surface area (Å²) >= 11 is 1.53. The molecule has 0 unspecified atom stereocenters. The van der Waals surface area contributed by atoms with Crippen LogP contribution in [0.1, 0.15) is 42.7 Å². The summed E-state index contributed by atoms with van der Waals surface area (Å²) in [6.45, 7) is 10.9. The van der Waals surface area contributed by atoms with Crippen LogP contribution in [-0.2, 0) is 17.8 Å². The molecule has 8 nitrogen and oxygen atoms in total. The Bertz CT molecular complexity index is 1120. The van der Waals surface area contributed by atoms with Crippen LogP contribution in [0.5, 0.6) is 0 Å². The highest BCUT2D eigenvalue weighted by molar-refractivity contribution is 7.18. The summed E-state index contributed by atoms with van der Waals surface area (Å²) < 4.78 is 8.44. The zero-order chi connectivity index (χ0) is 21.4. The van der Waals surface area contributed by atoms with Crippen molar-refractivity contribution < 1.29 is 4.74 Å². The van der Waals surface area contributed by atoms with Crippen LogP contribution in [-0.4, -0.2) is 46.8 Å². The van der Waals surface area contributed by atoms with Crippen LogP contribution < -0.4 is 16.6 Å². The van der Waals surface area contributed by atoms with Gasteiger partial charge in [0.25, 0.3) is 5.56 Å². The Morgan fingerprint density at radius 1 is 1.37 bits per heavy atom. The van der Waals surface area contributed by atoms with E-state index in [1.54, 1.807) is 11.7 Å². The second-order valence-corrected chi connectivity index (χ2v) is 9.12. The molecular weight excluding hydrogens is 402 g/mol. The second kappa shape index (κ2) is 8.39. The first-order valence-corrected chi connectivity index (χ1v) is 11.2. The van der Waals surface area contributed by atoms with Gasteiger partial charge < -0.3 is 15.0 Å². The van der Waals surface area contributed by atoms with E-state index >= 15 is 0 Å². The van der Waals surface area contributed by atoms with Crippen LogP contribution in [0, 0.1) is 6.92 Å². The number of aryl methyl sites for hydroxylation is 1. The molecule has 1 aliphatic carbocycles. The minimum absolute atomic E-state index is 0.0167. The van der Waals surface area contributed by atoms with E-state index in [2.05, 4.69) is 21.8 Å². The Balaban J connectivity index is 1.82. The van der Waals surface area contributed by atoms with Gasteiger partial charge in [0.2, 0.25) is 0 Å². The smallest absolute Gasteiger partial charge is 0.332 e. The number of guanidine groups is 1. The number of allylic oxidation sites excluding steroid dienone is 1. The van der Waals surface area contributed by atoms with Crippen LogP contribution in [0.4, 0.5) is 0 Å². The maximum absolute atomic E-state index is 13.4. The molecule has 162 valence electrons. The van der Waals surface area contributed by atoms with Gasteiger partial charge in [-0.15, -0.1) is 11.3 Å². The predicted octanol–water partition coefficient (Wildman–Crippen LogP) is 2.20. The minimum atomic E-state index is -0.213. The van der Waals surface area contributed by atoms with E-state index in [1.165, 1.54) is 15.9 Å². The zero-order valence-electron chi connectivity index (χ0n) is 17.9. The number of nitrogens with one attached hydrogen (secondary N) is 1. The Labute approximate surface area is 179 Å². The molecule has 30 heavy (non-hydrogen) atoms. The fraction of sp³-hybridized carbons (Fsp3) is 0.571. The van der Waals surface area contributed by atoms with E-state index in [4.69, 9.17) is 4.74 Å². The van der Waals surface area contributed by atoms with Crippen LogP contribution in [0.3, 0.4) is 0 Å². The van der Waals surface area contributed by atoms with Gasteiger partial charge in [0.15, 0.2) is 5.96 Å². The predicted molar refractivity (Wildman–Crippen MR) is 121 cm³/mol. The Morgan fingerprint density at radius 3 is 2.77 bits per heavy atom. The zero-order valence-corrected chi connectivity index (χ0v) is 18.7. The lowest BCUT2D eigenvalue weighted by Crippen LogP contribution is -2.44. The Kier molecular flexibility index (Phi) is 5.84. The highest BCUT2D eigenvalue weighted by atomic mass is 32.1. The van der Waals surface area contributed by atoms with Gasteiger partial charge in [-0.1, -0.05) is 6.58 Å². The summed E-state index contributed by atoms with van der Waals surface area (Å²) in [7, 11) is 1.62. The summed E-state index contributed by atoms with van der Waals surface area (Å²) in [6, 6.07) is 0.0167. The Morgan fingerprint density at radius 2 is 2.13 bits per heavy atom. The van der Waals surface area contributed by atoms with Gasteiger partial charge in [-0.05, 0) is 38.7 Å². The lowest BCUT2D eigenvalue weighted by molar-refractivity contribution is 0.185. The number of aliphatic imine (C=N–C) groups is 1. The number of ether oxygens (including phenoxy) is 1. The third kappa shape index (κ3) is 3.60. The molecule has 4 rings (SSSR count). The molecule has 0 radical (unpaired) electrons. The lowest BCUT2D eigenvalue weighted by Gasteiger charge is -2.27. The van der Waals surface area contributed by atoms with Gasteiger partial charge in [-0.2, -0.15) is 0 Å². The normalized spacial score (nSPS) is 18.2. The fourth-order valence-electron chi connectivity index (χ4n) is 4.05. The van der Waals surface area contributed by atoms with Gasteiger partial charge in [0, 0.05) is 36.8 Å². The third-order valence-electron chi connectivity index (χ3n) is 5.90. The number of aromatic nitrogens is 2. The molecular formula is C21H29N5O3S.